The van der Waals surface area contributed by atoms with Crippen LogP contribution in [0, 0.1) is 11.8 Å². The third-order valence-electron chi connectivity index (χ3n) is 4.02. The molecule has 102 valence electrons. The van der Waals surface area contributed by atoms with Crippen molar-refractivity contribution in [1.82, 2.24) is 10.2 Å². The molecule has 3 unspecified atom stereocenters. The Bertz CT molecular complexity index is 335. The van der Waals surface area contributed by atoms with Crippen molar-refractivity contribution in [1.29, 1.82) is 0 Å². The van der Waals surface area contributed by atoms with Crippen molar-refractivity contribution in [3.63, 3.8) is 0 Å². The first kappa shape index (κ1) is 13.3. The first-order valence-corrected chi connectivity index (χ1v) is 6.46. The highest BCUT2D eigenvalue weighted by molar-refractivity contribution is 5.92. The van der Waals surface area contributed by atoms with Crippen LogP contribution in [0.4, 0.5) is 4.79 Å². The molecule has 1 saturated heterocycles. The summed E-state index contributed by atoms with van der Waals surface area (Å²) in [4.78, 5) is 24.6. The van der Waals surface area contributed by atoms with Gasteiger partial charge in [-0.1, -0.05) is 6.42 Å². The maximum Gasteiger partial charge on any atom is 0.413 e. The van der Waals surface area contributed by atoms with E-state index in [-0.39, 0.29) is 18.5 Å². The average molecular weight is 255 g/mol. The van der Waals surface area contributed by atoms with E-state index in [1.54, 1.807) is 0 Å². The minimum atomic E-state index is -0.701. The van der Waals surface area contributed by atoms with Crippen LogP contribution in [0.3, 0.4) is 0 Å². The van der Waals surface area contributed by atoms with E-state index in [1.165, 1.54) is 20.0 Å². The molecule has 1 heterocycles. The number of carbonyl (C=O) groups is 2. The summed E-state index contributed by atoms with van der Waals surface area (Å²) in [5.41, 5.74) is 6.11. The number of hydrogen-bond donors (Lipinski definition) is 2. The number of nitrogens with two attached hydrogens (primary N) is 1. The number of methoxy groups -OCH3 is 1. The van der Waals surface area contributed by atoms with E-state index in [1.807, 2.05) is 0 Å². The van der Waals surface area contributed by atoms with Gasteiger partial charge in [0.15, 0.2) is 0 Å². The van der Waals surface area contributed by atoms with Gasteiger partial charge >= 0.3 is 6.09 Å². The van der Waals surface area contributed by atoms with Gasteiger partial charge in [0.1, 0.15) is 0 Å². The molecule has 2 amide bonds. The van der Waals surface area contributed by atoms with Crippen molar-refractivity contribution in [3.8, 4) is 0 Å². The van der Waals surface area contributed by atoms with Gasteiger partial charge in [0.25, 0.3) is 0 Å². The van der Waals surface area contributed by atoms with Crippen LogP contribution in [-0.2, 0) is 9.53 Å². The molecule has 0 radical (unpaired) electrons. The topological polar surface area (TPSA) is 84.7 Å². The number of imide groups is 1. The lowest BCUT2D eigenvalue weighted by atomic mass is 9.78. The summed E-state index contributed by atoms with van der Waals surface area (Å²) < 4.78 is 4.39. The number of likely N-dealkylation sites (tertiary alicyclic amines) is 1. The van der Waals surface area contributed by atoms with Crippen molar-refractivity contribution in [2.24, 2.45) is 17.6 Å². The maximum atomic E-state index is 11.6. The van der Waals surface area contributed by atoms with Gasteiger partial charge in [-0.3, -0.25) is 15.0 Å². The molecule has 6 nitrogen and oxygen atoms in total. The lowest BCUT2D eigenvalue weighted by Gasteiger charge is -2.29. The largest absolute Gasteiger partial charge is 0.453 e. The molecule has 1 aliphatic heterocycles. The predicted octanol–water partition coefficient (Wildman–Crippen LogP) is -0.0718. The standard InChI is InChI=1S/C12H21N3O3/c1-18-12(17)14-11(16)7-15-5-8-3-2-4-10(13)9(8)6-15/h8-10H,2-7,13H2,1H3,(H,14,16,17). The van der Waals surface area contributed by atoms with Crippen molar-refractivity contribution in [2.75, 3.05) is 26.7 Å². The van der Waals surface area contributed by atoms with Gasteiger partial charge in [-0.25, -0.2) is 4.79 Å². The third-order valence-corrected chi connectivity index (χ3v) is 4.02. The molecule has 2 rings (SSSR count). The smallest absolute Gasteiger partial charge is 0.413 e. The molecule has 6 heteroatoms. The number of hydrogen-bond acceptors (Lipinski definition) is 5. The van der Waals surface area contributed by atoms with Gasteiger partial charge in [-0.05, 0) is 24.7 Å². The van der Waals surface area contributed by atoms with Gasteiger partial charge in [0.05, 0.1) is 13.7 Å². The molecule has 0 spiro atoms. The number of nitrogens with zero attached hydrogens (tertiary/aromatic N) is 1. The van der Waals surface area contributed by atoms with E-state index in [0.717, 1.165) is 19.5 Å². The molecule has 1 saturated carbocycles. The van der Waals surface area contributed by atoms with Crippen LogP contribution in [-0.4, -0.2) is 49.7 Å². The van der Waals surface area contributed by atoms with Gasteiger partial charge in [-0.2, -0.15) is 0 Å². The molecule has 3 atom stereocenters. The number of nitrogens with one attached hydrogen (secondary N) is 1. The van der Waals surface area contributed by atoms with Crippen LogP contribution in [0.15, 0.2) is 0 Å². The summed E-state index contributed by atoms with van der Waals surface area (Å²) in [5.74, 6) is 0.804. The highest BCUT2D eigenvalue weighted by atomic mass is 16.5. The molecule has 0 aromatic heterocycles. The van der Waals surface area contributed by atoms with E-state index >= 15 is 0 Å². The normalized spacial score (nSPS) is 31.8. The first-order chi connectivity index (χ1) is 8.60. The maximum absolute atomic E-state index is 11.6. The van der Waals surface area contributed by atoms with Crippen LogP contribution >= 0.6 is 0 Å². The van der Waals surface area contributed by atoms with Gasteiger partial charge in [-0.15, -0.1) is 0 Å². The van der Waals surface area contributed by atoms with Crippen LogP contribution in [0.5, 0.6) is 0 Å². The number of rotatable bonds is 2. The monoisotopic (exact) mass is 255 g/mol. The third kappa shape index (κ3) is 3.00. The zero-order valence-electron chi connectivity index (χ0n) is 10.7. The van der Waals surface area contributed by atoms with Gasteiger partial charge in [0.2, 0.25) is 5.91 Å². The molecular weight excluding hydrogens is 234 g/mol. The number of fused-ring (bicyclic) bond motifs is 1. The summed E-state index contributed by atoms with van der Waals surface area (Å²) in [7, 11) is 1.24. The Balaban J connectivity index is 1.81. The van der Waals surface area contributed by atoms with E-state index < -0.39 is 6.09 Å². The van der Waals surface area contributed by atoms with Crippen LogP contribution in [0.25, 0.3) is 0 Å². The molecule has 0 aromatic rings. The summed E-state index contributed by atoms with van der Waals surface area (Å²) >= 11 is 0. The average Bonchev–Trinajstić information content (AvgIpc) is 2.72. The Hall–Kier alpha value is -1.14. The zero-order valence-corrected chi connectivity index (χ0v) is 10.7. The lowest BCUT2D eigenvalue weighted by molar-refractivity contribution is -0.121. The first-order valence-electron chi connectivity index (χ1n) is 6.46. The SMILES string of the molecule is COC(=O)NC(=O)CN1CC2CCCC(N)C2C1. The van der Waals surface area contributed by atoms with Crippen molar-refractivity contribution >= 4 is 12.0 Å². The number of alkyl carbamates (subject to hydrolysis) is 1. The minimum absolute atomic E-state index is 0.245. The van der Waals surface area contributed by atoms with Crippen molar-refractivity contribution in [3.05, 3.63) is 0 Å². The predicted molar refractivity (Wildman–Crippen MR) is 65.8 cm³/mol. The van der Waals surface area contributed by atoms with E-state index in [4.69, 9.17) is 5.73 Å². The molecular formula is C12H21N3O3. The number of carbonyl (C=O) groups excluding carboxylic acids is 2. The summed E-state index contributed by atoms with van der Waals surface area (Å²) in [6.45, 7) is 2.02. The molecule has 3 N–H and O–H groups in total. The Labute approximate surface area is 107 Å². The van der Waals surface area contributed by atoms with Crippen LogP contribution < -0.4 is 11.1 Å². The molecule has 0 aromatic carbocycles. The highest BCUT2D eigenvalue weighted by Gasteiger charge is 2.39. The Kier molecular flexibility index (Phi) is 4.19. The fraction of sp³-hybridized carbons (Fsp3) is 0.833. The molecule has 1 aliphatic carbocycles. The highest BCUT2D eigenvalue weighted by Crippen LogP contribution is 2.35. The second kappa shape index (κ2) is 5.67. The van der Waals surface area contributed by atoms with Crippen molar-refractivity contribution in [2.45, 2.75) is 25.3 Å². The molecule has 0 bridgehead atoms. The minimum Gasteiger partial charge on any atom is -0.453 e. The Morgan fingerprint density at radius 3 is 2.83 bits per heavy atom. The second-order valence-electron chi connectivity index (χ2n) is 5.25. The Morgan fingerprint density at radius 2 is 2.17 bits per heavy atom. The van der Waals surface area contributed by atoms with Crippen molar-refractivity contribution < 1.29 is 14.3 Å². The molecule has 2 fully saturated rings. The fourth-order valence-electron chi connectivity index (χ4n) is 3.15. The number of ether oxygens (including phenoxy) is 1. The fourth-order valence-corrected chi connectivity index (χ4v) is 3.15. The van der Waals surface area contributed by atoms with E-state index in [2.05, 4.69) is 15.0 Å². The van der Waals surface area contributed by atoms with Crippen LogP contribution in [0.2, 0.25) is 0 Å². The molecule has 2 aliphatic rings. The summed E-state index contributed by atoms with van der Waals surface area (Å²) in [6, 6.07) is 0.261. The number of amides is 2. The second-order valence-corrected chi connectivity index (χ2v) is 5.25. The molecule has 18 heavy (non-hydrogen) atoms. The van der Waals surface area contributed by atoms with Gasteiger partial charge < -0.3 is 10.5 Å². The van der Waals surface area contributed by atoms with Gasteiger partial charge in [0, 0.05) is 19.1 Å². The van der Waals surface area contributed by atoms with E-state index in [0.29, 0.717) is 11.8 Å². The summed E-state index contributed by atoms with van der Waals surface area (Å²) in [5, 5.41) is 2.18. The van der Waals surface area contributed by atoms with Crippen LogP contribution in [0.1, 0.15) is 19.3 Å². The lowest BCUT2D eigenvalue weighted by Crippen LogP contribution is -2.40. The van der Waals surface area contributed by atoms with E-state index in [9.17, 15) is 9.59 Å². The quantitative estimate of drug-likeness (QED) is 0.721. The zero-order chi connectivity index (χ0) is 13.1. The Morgan fingerprint density at radius 1 is 1.39 bits per heavy atom. The summed E-state index contributed by atoms with van der Waals surface area (Å²) in [6.07, 6.45) is 2.77.